The van der Waals surface area contributed by atoms with Gasteiger partial charge in [0.2, 0.25) is 5.82 Å². The van der Waals surface area contributed by atoms with E-state index in [2.05, 4.69) is 15.2 Å². The van der Waals surface area contributed by atoms with Gasteiger partial charge in [0, 0.05) is 5.92 Å². The van der Waals surface area contributed by atoms with Crippen molar-refractivity contribution in [2.75, 3.05) is 6.54 Å². The van der Waals surface area contributed by atoms with Crippen molar-refractivity contribution in [2.24, 2.45) is 0 Å². The Morgan fingerprint density at radius 3 is 2.67 bits per heavy atom. The molecule has 2 N–H and O–H groups in total. The molecule has 0 spiro atoms. The van der Waals surface area contributed by atoms with Crippen LogP contribution in [0.1, 0.15) is 36.2 Å². The Bertz CT molecular complexity index is 337. The number of nitrogens with zero attached hydrogens (tertiary/aromatic N) is 2. The maximum absolute atomic E-state index is 11.8. The second-order valence-corrected chi connectivity index (χ2v) is 3.30. The van der Waals surface area contributed by atoms with E-state index in [1.54, 1.807) is 0 Å². The molecule has 0 bridgehead atoms. The SMILES string of the molecule is CC(C)c1nc(C(=O)NCC(F)F)n[nH]1. The standard InChI is InChI=1S/C8H12F2N4O/c1-4(2)6-12-7(14-13-6)8(15)11-3-5(9)10/h4-5H,3H2,1-2H3,(H,11,15)(H,12,13,14). The van der Waals surface area contributed by atoms with Gasteiger partial charge >= 0.3 is 0 Å². The Kier molecular flexibility index (Phi) is 3.70. The smallest absolute Gasteiger partial charge is 0.291 e. The highest BCUT2D eigenvalue weighted by molar-refractivity contribution is 5.90. The normalized spacial score (nSPS) is 11.1. The quantitative estimate of drug-likeness (QED) is 0.789. The lowest BCUT2D eigenvalue weighted by Gasteiger charge is -1.99. The van der Waals surface area contributed by atoms with Crippen LogP contribution in [0.4, 0.5) is 8.78 Å². The molecule has 0 fully saturated rings. The fourth-order valence-electron chi connectivity index (χ4n) is 0.883. The van der Waals surface area contributed by atoms with E-state index < -0.39 is 18.9 Å². The molecule has 5 nitrogen and oxygen atoms in total. The minimum atomic E-state index is -2.57. The summed E-state index contributed by atoms with van der Waals surface area (Å²) in [5, 5.41) is 8.20. The fourth-order valence-corrected chi connectivity index (χ4v) is 0.883. The number of carbonyl (C=O) groups excluding carboxylic acids is 1. The second kappa shape index (κ2) is 4.81. The van der Waals surface area contributed by atoms with Gasteiger partial charge in [0.1, 0.15) is 5.82 Å². The van der Waals surface area contributed by atoms with Gasteiger partial charge < -0.3 is 5.32 Å². The minimum Gasteiger partial charge on any atom is -0.344 e. The molecule has 0 saturated carbocycles. The van der Waals surface area contributed by atoms with E-state index in [0.29, 0.717) is 5.82 Å². The first-order chi connectivity index (χ1) is 7.00. The maximum atomic E-state index is 11.8. The summed E-state index contributed by atoms with van der Waals surface area (Å²) in [7, 11) is 0. The molecule has 84 valence electrons. The molecule has 1 amide bonds. The van der Waals surface area contributed by atoms with Crippen LogP contribution in [0.5, 0.6) is 0 Å². The lowest BCUT2D eigenvalue weighted by atomic mass is 10.2. The third kappa shape index (κ3) is 3.26. The molecule has 0 aromatic carbocycles. The van der Waals surface area contributed by atoms with Gasteiger partial charge in [-0.25, -0.2) is 13.8 Å². The third-order valence-corrected chi connectivity index (χ3v) is 1.67. The van der Waals surface area contributed by atoms with Crippen molar-refractivity contribution >= 4 is 5.91 Å². The van der Waals surface area contributed by atoms with E-state index >= 15 is 0 Å². The zero-order chi connectivity index (χ0) is 11.4. The molecule has 1 aromatic rings. The van der Waals surface area contributed by atoms with Gasteiger partial charge in [0.05, 0.1) is 6.54 Å². The third-order valence-electron chi connectivity index (χ3n) is 1.67. The van der Waals surface area contributed by atoms with Crippen LogP contribution in [-0.4, -0.2) is 34.1 Å². The van der Waals surface area contributed by atoms with Gasteiger partial charge in [0.25, 0.3) is 12.3 Å². The highest BCUT2D eigenvalue weighted by Gasteiger charge is 2.14. The first kappa shape index (κ1) is 11.5. The minimum absolute atomic E-state index is 0.106. The molecule has 0 aliphatic carbocycles. The lowest BCUT2D eigenvalue weighted by Crippen LogP contribution is -2.29. The molecule has 0 unspecified atom stereocenters. The van der Waals surface area contributed by atoms with Gasteiger partial charge in [-0.3, -0.25) is 9.89 Å². The number of nitrogens with one attached hydrogen (secondary N) is 2. The number of aromatic nitrogens is 3. The molecule has 0 aliphatic rings. The number of amides is 1. The lowest BCUT2D eigenvalue weighted by molar-refractivity contribution is 0.0882. The Labute approximate surface area is 85.3 Å². The van der Waals surface area contributed by atoms with Crippen molar-refractivity contribution in [3.8, 4) is 0 Å². The maximum Gasteiger partial charge on any atom is 0.291 e. The summed E-state index contributed by atoms with van der Waals surface area (Å²) >= 11 is 0. The van der Waals surface area contributed by atoms with E-state index in [-0.39, 0.29) is 11.7 Å². The molecule has 1 rings (SSSR count). The average molecular weight is 218 g/mol. The van der Waals surface area contributed by atoms with E-state index in [9.17, 15) is 13.6 Å². The summed E-state index contributed by atoms with van der Waals surface area (Å²) < 4.78 is 23.6. The van der Waals surface area contributed by atoms with Crippen LogP contribution in [0.2, 0.25) is 0 Å². The van der Waals surface area contributed by atoms with Crippen LogP contribution in [-0.2, 0) is 0 Å². The van der Waals surface area contributed by atoms with Crippen molar-refractivity contribution < 1.29 is 13.6 Å². The van der Waals surface area contributed by atoms with E-state index in [4.69, 9.17) is 0 Å². The predicted molar refractivity (Wildman–Crippen MR) is 48.8 cm³/mol. The van der Waals surface area contributed by atoms with Crippen molar-refractivity contribution in [3.63, 3.8) is 0 Å². The number of halogens is 2. The zero-order valence-corrected chi connectivity index (χ0v) is 8.42. The van der Waals surface area contributed by atoms with Gasteiger partial charge in [0.15, 0.2) is 0 Å². The van der Waals surface area contributed by atoms with E-state index in [1.165, 1.54) is 0 Å². The number of alkyl halides is 2. The molecule has 0 radical (unpaired) electrons. The first-order valence-electron chi connectivity index (χ1n) is 4.49. The monoisotopic (exact) mass is 218 g/mol. The second-order valence-electron chi connectivity index (χ2n) is 3.30. The number of hydrogen-bond acceptors (Lipinski definition) is 3. The van der Waals surface area contributed by atoms with Crippen LogP contribution in [0.3, 0.4) is 0 Å². The fraction of sp³-hybridized carbons (Fsp3) is 0.625. The van der Waals surface area contributed by atoms with Gasteiger partial charge in [-0.1, -0.05) is 13.8 Å². The number of rotatable bonds is 4. The summed E-state index contributed by atoms with van der Waals surface area (Å²) in [5.74, 6) is -0.149. The highest BCUT2D eigenvalue weighted by atomic mass is 19.3. The predicted octanol–water partition coefficient (Wildman–Crippen LogP) is 0.923. The van der Waals surface area contributed by atoms with Crippen molar-refractivity contribution in [1.29, 1.82) is 0 Å². The Balaban J connectivity index is 2.58. The van der Waals surface area contributed by atoms with Gasteiger partial charge in [-0.2, -0.15) is 0 Å². The largest absolute Gasteiger partial charge is 0.344 e. The Morgan fingerprint density at radius 2 is 2.20 bits per heavy atom. The molecule has 1 heterocycles. The van der Waals surface area contributed by atoms with E-state index in [1.807, 2.05) is 19.2 Å². The van der Waals surface area contributed by atoms with Crippen LogP contribution in [0.15, 0.2) is 0 Å². The topological polar surface area (TPSA) is 70.7 Å². The molecule has 7 heteroatoms. The number of aromatic amines is 1. The Hall–Kier alpha value is -1.53. The zero-order valence-electron chi connectivity index (χ0n) is 8.42. The molecule has 0 atom stereocenters. The number of H-pyrrole nitrogens is 1. The van der Waals surface area contributed by atoms with Crippen molar-refractivity contribution in [3.05, 3.63) is 11.6 Å². The number of carbonyl (C=O) groups is 1. The van der Waals surface area contributed by atoms with Crippen LogP contribution >= 0.6 is 0 Å². The van der Waals surface area contributed by atoms with Gasteiger partial charge in [-0.15, -0.1) is 5.10 Å². The molecule has 1 aromatic heterocycles. The molecule has 0 saturated heterocycles. The molecular weight excluding hydrogens is 206 g/mol. The van der Waals surface area contributed by atoms with E-state index in [0.717, 1.165) is 0 Å². The summed E-state index contributed by atoms with van der Waals surface area (Å²) in [6.45, 7) is 3.06. The first-order valence-corrected chi connectivity index (χ1v) is 4.49. The summed E-state index contributed by atoms with van der Waals surface area (Å²) in [6.07, 6.45) is -2.57. The molecule has 15 heavy (non-hydrogen) atoms. The van der Waals surface area contributed by atoms with Crippen LogP contribution in [0.25, 0.3) is 0 Å². The Morgan fingerprint density at radius 1 is 1.53 bits per heavy atom. The average Bonchev–Trinajstić information content (AvgIpc) is 2.62. The molecule has 0 aliphatic heterocycles. The summed E-state index contributed by atoms with van der Waals surface area (Å²) in [4.78, 5) is 15.1. The number of hydrogen-bond donors (Lipinski definition) is 2. The summed E-state index contributed by atoms with van der Waals surface area (Å²) in [5.41, 5.74) is 0. The van der Waals surface area contributed by atoms with Gasteiger partial charge in [-0.05, 0) is 0 Å². The van der Waals surface area contributed by atoms with Crippen molar-refractivity contribution in [1.82, 2.24) is 20.5 Å². The van der Waals surface area contributed by atoms with Crippen LogP contribution in [0, 0.1) is 0 Å². The summed E-state index contributed by atoms with van der Waals surface area (Å²) in [6, 6.07) is 0. The molecular formula is C8H12F2N4O. The van der Waals surface area contributed by atoms with Crippen molar-refractivity contribution in [2.45, 2.75) is 26.2 Å². The van der Waals surface area contributed by atoms with Crippen LogP contribution < -0.4 is 5.32 Å². The highest BCUT2D eigenvalue weighted by Crippen LogP contribution is 2.07.